The molecule has 0 bridgehead atoms. The second-order valence-electron chi connectivity index (χ2n) is 6.66. The average Bonchev–Trinajstić information content (AvgIpc) is 2.78. The van der Waals surface area contributed by atoms with E-state index in [1.54, 1.807) is 6.07 Å². The van der Waals surface area contributed by atoms with Gasteiger partial charge in [0.1, 0.15) is 6.61 Å². The van der Waals surface area contributed by atoms with Crippen molar-refractivity contribution >= 4 is 23.8 Å². The van der Waals surface area contributed by atoms with Crippen molar-refractivity contribution in [2.45, 2.75) is 19.3 Å². The molecule has 0 aliphatic rings. The number of benzene rings is 2. The molecule has 6 nitrogen and oxygen atoms in total. The summed E-state index contributed by atoms with van der Waals surface area (Å²) in [4.78, 5) is 19.3. The molecule has 35 heavy (non-hydrogen) atoms. The summed E-state index contributed by atoms with van der Waals surface area (Å²) in [6.07, 6.45) is -2.77. The molecule has 3 N–H and O–H groups in total. The molecule has 0 aliphatic carbocycles. The fourth-order valence-corrected chi connectivity index (χ4v) is 2.28. The first kappa shape index (κ1) is 29.4. The lowest BCUT2D eigenvalue weighted by atomic mass is 10.1. The monoisotopic (exact) mass is 504 g/mol. The topological polar surface area (TPSA) is 94.1 Å². The zero-order valence-electron chi connectivity index (χ0n) is 18.3. The van der Waals surface area contributed by atoms with Crippen molar-refractivity contribution in [3.63, 3.8) is 0 Å². The molecule has 0 unspecified atom stereocenters. The molecule has 0 spiro atoms. The van der Waals surface area contributed by atoms with Crippen LogP contribution in [0.2, 0.25) is 0 Å². The van der Waals surface area contributed by atoms with Crippen LogP contribution in [-0.4, -0.2) is 30.0 Å². The lowest BCUT2D eigenvalue weighted by molar-refractivity contribution is -0.138. The second kappa shape index (κ2) is 13.9. The van der Waals surface area contributed by atoms with Gasteiger partial charge in [-0.25, -0.2) is 10.7 Å². The van der Waals surface area contributed by atoms with Gasteiger partial charge in [-0.3, -0.25) is 0 Å². The minimum Gasteiger partial charge on any atom is -0.477 e. The van der Waals surface area contributed by atoms with Crippen LogP contribution in [0.4, 0.5) is 26.3 Å². The maximum absolute atomic E-state index is 12.5. The van der Waals surface area contributed by atoms with E-state index in [4.69, 9.17) is 11.0 Å². The van der Waals surface area contributed by atoms with Gasteiger partial charge >= 0.3 is 18.3 Å². The van der Waals surface area contributed by atoms with Crippen LogP contribution in [0.25, 0.3) is 12.2 Å². The molecule has 0 heterocycles. The summed E-state index contributed by atoms with van der Waals surface area (Å²) >= 11 is 0. The third-order valence-electron chi connectivity index (χ3n) is 3.92. The number of aliphatic carboxylic acids is 1. The predicted molar refractivity (Wildman–Crippen MR) is 118 cm³/mol. The highest BCUT2D eigenvalue weighted by Crippen LogP contribution is 2.30. The van der Waals surface area contributed by atoms with Gasteiger partial charge in [0.05, 0.1) is 17.7 Å². The van der Waals surface area contributed by atoms with E-state index in [-0.39, 0.29) is 18.9 Å². The Morgan fingerprint density at radius 2 is 1.37 bits per heavy atom. The first-order valence-corrected chi connectivity index (χ1v) is 9.73. The molecule has 0 aliphatic heterocycles. The van der Waals surface area contributed by atoms with Gasteiger partial charge in [-0.05, 0) is 48.4 Å². The summed E-state index contributed by atoms with van der Waals surface area (Å²) in [6, 6.07) is 9.81. The Kier molecular flexibility index (Phi) is 11.7. The number of nitrogens with two attached hydrogens (primary N) is 1. The Morgan fingerprint density at radius 1 is 0.914 bits per heavy atom. The Hall–Kier alpha value is -3.64. The number of carbonyl (C=O) groups is 1. The van der Waals surface area contributed by atoms with Crippen molar-refractivity contribution in [3.05, 3.63) is 82.9 Å². The summed E-state index contributed by atoms with van der Waals surface area (Å²) in [7, 11) is 0. The third kappa shape index (κ3) is 11.9. The van der Waals surface area contributed by atoms with Crippen molar-refractivity contribution in [2.24, 2.45) is 11.1 Å². The van der Waals surface area contributed by atoms with E-state index in [9.17, 15) is 31.1 Å². The van der Waals surface area contributed by atoms with E-state index in [0.29, 0.717) is 11.1 Å². The molecule has 0 amide bonds. The fourth-order valence-electron chi connectivity index (χ4n) is 2.28. The Bertz CT molecular complexity index is 1050. The van der Waals surface area contributed by atoms with Crippen molar-refractivity contribution in [1.29, 1.82) is 0 Å². The first-order valence-electron chi connectivity index (χ1n) is 9.73. The van der Waals surface area contributed by atoms with Gasteiger partial charge in [0, 0.05) is 0 Å². The summed E-state index contributed by atoms with van der Waals surface area (Å²) in [5.41, 5.74) is -0.791. The zero-order valence-corrected chi connectivity index (χ0v) is 18.3. The van der Waals surface area contributed by atoms with Gasteiger partial charge in [0.25, 0.3) is 0 Å². The van der Waals surface area contributed by atoms with Crippen LogP contribution < -0.4 is 5.90 Å². The van der Waals surface area contributed by atoms with Crippen molar-refractivity contribution < 1.29 is 45.9 Å². The van der Waals surface area contributed by atoms with E-state index in [1.165, 1.54) is 49.4 Å². The molecule has 2 rings (SSSR count). The SMILES string of the molecule is C/C(=N/OC/C=C/c1cccc(C(F)(F)F)c1)C(=O)O.NOC/C=C/c1cccc(C(F)(F)F)c1. The minimum absolute atomic E-state index is 0.0408. The largest absolute Gasteiger partial charge is 0.477 e. The summed E-state index contributed by atoms with van der Waals surface area (Å²) < 4.78 is 74.2. The standard InChI is InChI=1S/C13H12F3NO3.C10H10F3NO/c1-9(12(18)19)17-20-7-3-5-10-4-2-6-11(8-10)13(14,15)16;11-10(12,13)9-5-1-3-8(7-9)4-2-6-15-14/h2-6,8H,7H2,1H3,(H,18,19);1-5,7H,6,14H2/b5-3+,17-9-;4-2+. The van der Waals surface area contributed by atoms with Crippen LogP contribution in [0.1, 0.15) is 29.2 Å². The number of nitrogens with zero attached hydrogens (tertiary/aromatic N) is 1. The van der Waals surface area contributed by atoms with Crippen LogP contribution in [0.5, 0.6) is 0 Å². The predicted octanol–water partition coefficient (Wildman–Crippen LogP) is 5.80. The molecule has 2 aromatic carbocycles. The van der Waals surface area contributed by atoms with Crippen molar-refractivity contribution in [3.8, 4) is 0 Å². The van der Waals surface area contributed by atoms with Crippen LogP contribution in [0.3, 0.4) is 0 Å². The summed E-state index contributed by atoms with van der Waals surface area (Å²) in [6.45, 7) is 1.38. The molecular formula is C23H22F6N2O4. The van der Waals surface area contributed by atoms with Gasteiger partial charge in [-0.2, -0.15) is 26.3 Å². The number of hydrogen-bond donors (Lipinski definition) is 2. The summed E-state index contributed by atoms with van der Waals surface area (Å²) in [5.74, 6) is 3.56. The van der Waals surface area contributed by atoms with Crippen molar-refractivity contribution in [2.75, 3.05) is 13.2 Å². The van der Waals surface area contributed by atoms with Crippen LogP contribution >= 0.6 is 0 Å². The molecule has 0 atom stereocenters. The molecule has 12 heteroatoms. The molecule has 0 aromatic heterocycles. The minimum atomic E-state index is -4.39. The van der Waals surface area contributed by atoms with E-state index < -0.39 is 29.4 Å². The Labute approximate surface area is 196 Å². The maximum atomic E-state index is 12.5. The van der Waals surface area contributed by atoms with Gasteiger partial charge < -0.3 is 14.8 Å². The Balaban J connectivity index is 0.000000365. The van der Waals surface area contributed by atoms with Gasteiger partial charge in [-0.15, -0.1) is 0 Å². The number of rotatable bonds is 8. The number of halogens is 6. The number of oxime groups is 1. The first-order chi connectivity index (χ1) is 16.3. The molecule has 0 fully saturated rings. The normalized spacial score (nSPS) is 12.5. The highest BCUT2D eigenvalue weighted by Gasteiger charge is 2.30. The average molecular weight is 504 g/mol. The van der Waals surface area contributed by atoms with Crippen molar-refractivity contribution in [1.82, 2.24) is 0 Å². The van der Waals surface area contributed by atoms with Crippen LogP contribution in [-0.2, 0) is 26.8 Å². The quantitative estimate of drug-likeness (QED) is 0.205. The van der Waals surface area contributed by atoms with Gasteiger partial charge in [0.2, 0.25) is 0 Å². The van der Waals surface area contributed by atoms with E-state index in [2.05, 4.69) is 14.8 Å². The van der Waals surface area contributed by atoms with E-state index in [0.717, 1.165) is 24.3 Å². The highest BCUT2D eigenvalue weighted by atomic mass is 19.4. The molecule has 0 saturated heterocycles. The smallest absolute Gasteiger partial charge is 0.416 e. The zero-order chi connectivity index (χ0) is 26.5. The van der Waals surface area contributed by atoms with Gasteiger partial charge in [0.15, 0.2) is 5.71 Å². The highest BCUT2D eigenvalue weighted by molar-refractivity contribution is 6.34. The molecule has 2 aromatic rings. The number of carboxylic acid groups (broad SMARTS) is 1. The number of hydrogen-bond acceptors (Lipinski definition) is 5. The lowest BCUT2D eigenvalue weighted by Crippen LogP contribution is -2.08. The number of alkyl halides is 6. The van der Waals surface area contributed by atoms with Crippen LogP contribution in [0.15, 0.2) is 65.8 Å². The van der Waals surface area contributed by atoms with Gasteiger partial charge in [-0.1, -0.05) is 47.6 Å². The third-order valence-corrected chi connectivity index (χ3v) is 3.92. The van der Waals surface area contributed by atoms with E-state index in [1.807, 2.05) is 0 Å². The molecule has 0 saturated carbocycles. The maximum Gasteiger partial charge on any atom is 0.416 e. The second-order valence-corrected chi connectivity index (χ2v) is 6.66. The Morgan fingerprint density at radius 3 is 1.77 bits per heavy atom. The number of carboxylic acids is 1. The van der Waals surface area contributed by atoms with E-state index >= 15 is 0 Å². The molecular weight excluding hydrogens is 482 g/mol. The summed E-state index contributed by atoms with van der Waals surface area (Å²) in [5, 5.41) is 11.8. The molecule has 0 radical (unpaired) electrons. The van der Waals surface area contributed by atoms with Crippen LogP contribution in [0, 0.1) is 0 Å². The molecule has 190 valence electrons. The fraction of sp³-hybridized carbons (Fsp3) is 0.217. The lowest BCUT2D eigenvalue weighted by Gasteiger charge is -2.06.